The summed E-state index contributed by atoms with van der Waals surface area (Å²) < 4.78 is 40.0. The summed E-state index contributed by atoms with van der Waals surface area (Å²) in [6.45, 7) is 7.48. The van der Waals surface area contributed by atoms with Crippen molar-refractivity contribution in [3.8, 4) is 5.75 Å². The molecule has 0 bridgehead atoms. The molecule has 0 aliphatic carbocycles. The second-order valence-electron chi connectivity index (χ2n) is 7.18. The smallest absolute Gasteiger partial charge is 0.243 e. The SMILES string of the molecule is CCOc1ccc(CN(CCCN2CCOCC2)S(=O)(=O)c2ccc(Br)cc2)cc1. The van der Waals surface area contributed by atoms with Crippen molar-refractivity contribution in [3.05, 3.63) is 58.6 Å². The lowest BCUT2D eigenvalue weighted by molar-refractivity contribution is 0.0368. The molecule has 2 aromatic rings. The summed E-state index contributed by atoms with van der Waals surface area (Å²) in [7, 11) is -3.60. The minimum Gasteiger partial charge on any atom is -0.494 e. The second-order valence-corrected chi connectivity index (χ2v) is 10.0. The van der Waals surface area contributed by atoms with Gasteiger partial charge in [-0.25, -0.2) is 8.42 Å². The van der Waals surface area contributed by atoms with E-state index in [0.29, 0.717) is 24.6 Å². The van der Waals surface area contributed by atoms with Gasteiger partial charge in [-0.05, 0) is 61.9 Å². The van der Waals surface area contributed by atoms with Gasteiger partial charge in [-0.15, -0.1) is 0 Å². The van der Waals surface area contributed by atoms with E-state index in [1.807, 2.05) is 31.2 Å². The molecule has 1 saturated heterocycles. The van der Waals surface area contributed by atoms with E-state index >= 15 is 0 Å². The molecule has 6 nitrogen and oxygen atoms in total. The molecule has 1 aliphatic heterocycles. The van der Waals surface area contributed by atoms with Gasteiger partial charge < -0.3 is 9.47 Å². The number of hydrogen-bond acceptors (Lipinski definition) is 5. The monoisotopic (exact) mass is 496 g/mol. The predicted octanol–water partition coefficient (Wildman–Crippen LogP) is 3.76. The van der Waals surface area contributed by atoms with Crippen LogP contribution >= 0.6 is 15.9 Å². The fourth-order valence-corrected chi connectivity index (χ4v) is 5.13. The molecular formula is C22H29BrN2O4S. The van der Waals surface area contributed by atoms with Crippen LogP contribution < -0.4 is 4.74 Å². The Balaban J connectivity index is 1.73. The van der Waals surface area contributed by atoms with Gasteiger partial charge >= 0.3 is 0 Å². The van der Waals surface area contributed by atoms with Crippen LogP contribution in [0.1, 0.15) is 18.9 Å². The zero-order valence-electron chi connectivity index (χ0n) is 17.3. The fourth-order valence-electron chi connectivity index (χ4n) is 3.40. The fraction of sp³-hybridized carbons (Fsp3) is 0.455. The molecule has 30 heavy (non-hydrogen) atoms. The molecule has 8 heteroatoms. The van der Waals surface area contributed by atoms with Crippen LogP contribution in [0.5, 0.6) is 5.75 Å². The highest BCUT2D eigenvalue weighted by atomic mass is 79.9. The maximum Gasteiger partial charge on any atom is 0.243 e. The van der Waals surface area contributed by atoms with Crippen LogP contribution in [-0.4, -0.2) is 63.6 Å². The molecule has 1 aliphatic rings. The molecule has 0 saturated carbocycles. The Hall–Kier alpha value is -1.45. The lowest BCUT2D eigenvalue weighted by Crippen LogP contribution is -2.39. The molecule has 1 heterocycles. The molecule has 0 atom stereocenters. The summed E-state index contributed by atoms with van der Waals surface area (Å²) in [6.07, 6.45) is 0.771. The van der Waals surface area contributed by atoms with Gasteiger partial charge in [-0.1, -0.05) is 28.1 Å². The molecule has 0 spiro atoms. The molecule has 0 N–H and O–H groups in total. The summed E-state index contributed by atoms with van der Waals surface area (Å²) in [5.41, 5.74) is 0.936. The average Bonchev–Trinajstić information content (AvgIpc) is 2.75. The highest BCUT2D eigenvalue weighted by Gasteiger charge is 2.25. The Morgan fingerprint density at radius 1 is 1.07 bits per heavy atom. The van der Waals surface area contributed by atoms with Crippen molar-refractivity contribution in [2.24, 2.45) is 0 Å². The van der Waals surface area contributed by atoms with Crippen molar-refractivity contribution in [3.63, 3.8) is 0 Å². The lowest BCUT2D eigenvalue weighted by atomic mass is 10.2. The molecule has 1 fully saturated rings. The zero-order chi connectivity index (χ0) is 21.4. The number of nitrogens with zero attached hydrogens (tertiary/aromatic N) is 2. The second kappa shape index (κ2) is 11.2. The lowest BCUT2D eigenvalue weighted by Gasteiger charge is -2.28. The Morgan fingerprint density at radius 3 is 2.37 bits per heavy atom. The highest BCUT2D eigenvalue weighted by Crippen LogP contribution is 2.22. The summed E-state index contributed by atoms with van der Waals surface area (Å²) in [4.78, 5) is 2.63. The van der Waals surface area contributed by atoms with Crippen LogP contribution in [0.25, 0.3) is 0 Å². The third kappa shape index (κ3) is 6.52. The van der Waals surface area contributed by atoms with E-state index in [1.165, 1.54) is 0 Å². The Labute approximate surface area is 188 Å². The van der Waals surface area contributed by atoms with Gasteiger partial charge in [0.05, 0.1) is 24.7 Å². The van der Waals surface area contributed by atoms with Gasteiger partial charge in [-0.2, -0.15) is 4.31 Å². The average molecular weight is 497 g/mol. The van der Waals surface area contributed by atoms with Gasteiger partial charge in [0.25, 0.3) is 0 Å². The van der Waals surface area contributed by atoms with E-state index in [4.69, 9.17) is 9.47 Å². The Bertz CT molecular complexity index is 882. The molecule has 164 valence electrons. The Kier molecular flexibility index (Phi) is 8.71. The number of benzene rings is 2. The number of sulfonamides is 1. The van der Waals surface area contributed by atoms with Crippen molar-refractivity contribution in [2.75, 3.05) is 46.0 Å². The van der Waals surface area contributed by atoms with Crippen LogP contribution in [0.2, 0.25) is 0 Å². The van der Waals surface area contributed by atoms with E-state index in [0.717, 1.165) is 55.1 Å². The Morgan fingerprint density at radius 2 is 1.73 bits per heavy atom. The van der Waals surface area contributed by atoms with Crippen LogP contribution in [0.3, 0.4) is 0 Å². The van der Waals surface area contributed by atoms with Crippen LogP contribution in [0.4, 0.5) is 0 Å². The first kappa shape index (κ1) is 23.2. The van der Waals surface area contributed by atoms with Crippen LogP contribution in [-0.2, 0) is 21.3 Å². The van der Waals surface area contributed by atoms with Crippen molar-refractivity contribution in [1.82, 2.24) is 9.21 Å². The predicted molar refractivity (Wildman–Crippen MR) is 121 cm³/mol. The molecule has 0 aromatic heterocycles. The normalized spacial score (nSPS) is 15.4. The van der Waals surface area contributed by atoms with Crippen molar-refractivity contribution in [2.45, 2.75) is 24.8 Å². The van der Waals surface area contributed by atoms with Crippen molar-refractivity contribution >= 4 is 26.0 Å². The van der Waals surface area contributed by atoms with Crippen molar-refractivity contribution < 1.29 is 17.9 Å². The number of ether oxygens (including phenoxy) is 2. The number of hydrogen-bond donors (Lipinski definition) is 0. The van der Waals surface area contributed by atoms with E-state index in [1.54, 1.807) is 28.6 Å². The zero-order valence-corrected chi connectivity index (χ0v) is 19.7. The van der Waals surface area contributed by atoms with Gasteiger partial charge in [-0.3, -0.25) is 4.90 Å². The molecule has 0 unspecified atom stereocenters. The van der Waals surface area contributed by atoms with Gasteiger partial charge in [0.15, 0.2) is 0 Å². The third-order valence-electron chi connectivity index (χ3n) is 5.03. The largest absolute Gasteiger partial charge is 0.494 e. The third-order valence-corrected chi connectivity index (χ3v) is 7.42. The molecule has 0 amide bonds. The number of morpholine rings is 1. The van der Waals surface area contributed by atoms with E-state index in [9.17, 15) is 8.42 Å². The summed E-state index contributed by atoms with van der Waals surface area (Å²) >= 11 is 3.37. The summed E-state index contributed by atoms with van der Waals surface area (Å²) in [6, 6.07) is 14.4. The highest BCUT2D eigenvalue weighted by molar-refractivity contribution is 9.10. The van der Waals surface area contributed by atoms with Crippen LogP contribution in [0.15, 0.2) is 57.9 Å². The topological polar surface area (TPSA) is 59.1 Å². The van der Waals surface area contributed by atoms with E-state index < -0.39 is 10.0 Å². The first-order valence-corrected chi connectivity index (χ1v) is 12.5. The minimum atomic E-state index is -3.60. The number of rotatable bonds is 10. The van der Waals surface area contributed by atoms with E-state index in [-0.39, 0.29) is 0 Å². The molecule has 2 aromatic carbocycles. The van der Waals surface area contributed by atoms with Gasteiger partial charge in [0.1, 0.15) is 5.75 Å². The van der Waals surface area contributed by atoms with E-state index in [2.05, 4.69) is 20.8 Å². The quantitative estimate of drug-likeness (QED) is 0.501. The standard InChI is InChI=1S/C22H29BrN2O4S/c1-2-29-21-8-4-19(5-9-21)18-25(13-3-12-24-14-16-28-17-15-24)30(26,27)22-10-6-20(23)7-11-22/h4-11H,2-3,12-18H2,1H3. The van der Waals surface area contributed by atoms with Crippen LogP contribution in [0, 0.1) is 0 Å². The molecule has 0 radical (unpaired) electrons. The first-order valence-electron chi connectivity index (χ1n) is 10.3. The maximum absolute atomic E-state index is 13.4. The molecular weight excluding hydrogens is 468 g/mol. The minimum absolute atomic E-state index is 0.308. The van der Waals surface area contributed by atoms with Gasteiger partial charge in [0.2, 0.25) is 10.0 Å². The summed E-state index contributed by atoms with van der Waals surface area (Å²) in [5.74, 6) is 0.788. The first-order chi connectivity index (χ1) is 14.5. The molecule has 3 rings (SSSR count). The van der Waals surface area contributed by atoms with Gasteiger partial charge in [0, 0.05) is 30.7 Å². The number of halogens is 1. The van der Waals surface area contributed by atoms with Crippen molar-refractivity contribution in [1.29, 1.82) is 0 Å². The summed E-state index contributed by atoms with van der Waals surface area (Å²) in [5, 5.41) is 0. The maximum atomic E-state index is 13.4.